The summed E-state index contributed by atoms with van der Waals surface area (Å²) in [5.74, 6) is 0.673. The van der Waals surface area contributed by atoms with Gasteiger partial charge in [-0.3, -0.25) is 4.79 Å². The van der Waals surface area contributed by atoms with Gasteiger partial charge >= 0.3 is 0 Å². The van der Waals surface area contributed by atoms with E-state index in [1.54, 1.807) is 19.0 Å². The van der Waals surface area contributed by atoms with Crippen molar-refractivity contribution in [1.82, 2.24) is 15.5 Å². The van der Waals surface area contributed by atoms with Gasteiger partial charge in [-0.2, -0.15) is 0 Å². The average molecular weight is 494 g/mol. The lowest BCUT2D eigenvalue weighted by Crippen LogP contribution is -2.47. The molecule has 1 fully saturated rings. The molecule has 1 amide bonds. The van der Waals surface area contributed by atoms with Crippen molar-refractivity contribution >= 4 is 53.1 Å². The molecule has 2 rings (SSSR count). The molecule has 6 nitrogen and oxygen atoms in total. The van der Waals surface area contributed by atoms with Crippen LogP contribution in [-0.2, 0) is 4.79 Å². The largest absolute Gasteiger partial charge is 0.369 e. The summed E-state index contributed by atoms with van der Waals surface area (Å²) in [5, 5.41) is 7.50. The number of hydrogen-bond donors (Lipinski definition) is 2. The Morgan fingerprint density at radius 2 is 2.00 bits per heavy atom. The molecular weight excluding hydrogens is 465 g/mol. The molecule has 146 valence electrons. The number of amides is 1. The molecule has 1 aliphatic heterocycles. The molecule has 0 radical (unpaired) electrons. The highest BCUT2D eigenvalue weighted by Crippen LogP contribution is 2.22. The van der Waals surface area contributed by atoms with E-state index < -0.39 is 0 Å². The molecule has 0 aliphatic carbocycles. The van der Waals surface area contributed by atoms with Crippen molar-refractivity contribution in [2.75, 3.05) is 38.6 Å². The second-order valence-electron chi connectivity index (χ2n) is 6.80. The van der Waals surface area contributed by atoms with Crippen LogP contribution < -0.4 is 15.5 Å². The van der Waals surface area contributed by atoms with Crippen molar-refractivity contribution in [3.63, 3.8) is 0 Å². The van der Waals surface area contributed by atoms with Gasteiger partial charge in [0.2, 0.25) is 5.91 Å². The molecule has 1 saturated heterocycles. The van der Waals surface area contributed by atoms with Crippen LogP contribution in [0.15, 0.2) is 29.3 Å². The minimum absolute atomic E-state index is 0. The van der Waals surface area contributed by atoms with E-state index in [9.17, 15) is 4.79 Å². The second-order valence-corrected chi connectivity index (χ2v) is 7.24. The van der Waals surface area contributed by atoms with Crippen LogP contribution in [0, 0.1) is 0 Å². The highest BCUT2D eigenvalue weighted by atomic mass is 127. The van der Waals surface area contributed by atoms with Gasteiger partial charge in [-0.15, -0.1) is 24.0 Å². The molecule has 26 heavy (non-hydrogen) atoms. The standard InChI is InChI=1S/C18H28ClN5O.HI/c1-13(2)21-18(20-11-17(25)23(3)4)22-15-9-10-24(12-15)16-7-5-14(19)6-8-16;/h5-8,13,15H,9-12H2,1-4H3,(H2,20,21,22);1H. The van der Waals surface area contributed by atoms with Crippen LogP contribution >= 0.6 is 35.6 Å². The first kappa shape index (κ1) is 22.8. The number of carbonyl (C=O) groups excluding carboxylic acids is 1. The summed E-state index contributed by atoms with van der Waals surface area (Å²) in [6.45, 7) is 6.12. The first-order chi connectivity index (χ1) is 11.8. The minimum Gasteiger partial charge on any atom is -0.369 e. The number of likely N-dealkylation sites (N-methyl/N-ethyl adjacent to an activating group) is 1. The van der Waals surface area contributed by atoms with Crippen molar-refractivity contribution in [1.29, 1.82) is 0 Å². The van der Waals surface area contributed by atoms with Crippen molar-refractivity contribution in [2.45, 2.75) is 32.4 Å². The van der Waals surface area contributed by atoms with Gasteiger partial charge in [-0.1, -0.05) is 11.6 Å². The molecule has 0 aromatic heterocycles. The van der Waals surface area contributed by atoms with Gasteiger partial charge in [0.05, 0.1) is 0 Å². The molecule has 1 aliphatic rings. The van der Waals surface area contributed by atoms with Gasteiger partial charge in [0, 0.05) is 50.0 Å². The number of hydrogen-bond acceptors (Lipinski definition) is 3. The fraction of sp³-hybridized carbons (Fsp3) is 0.556. The summed E-state index contributed by atoms with van der Waals surface area (Å²) in [6, 6.07) is 8.45. The summed E-state index contributed by atoms with van der Waals surface area (Å²) >= 11 is 5.96. The number of guanidine groups is 1. The zero-order chi connectivity index (χ0) is 18.4. The number of rotatable bonds is 5. The van der Waals surface area contributed by atoms with E-state index in [2.05, 4.69) is 34.4 Å². The highest BCUT2D eigenvalue weighted by molar-refractivity contribution is 14.0. The van der Waals surface area contributed by atoms with Crippen LogP contribution in [0.4, 0.5) is 5.69 Å². The maximum absolute atomic E-state index is 11.8. The van der Waals surface area contributed by atoms with E-state index in [1.807, 2.05) is 24.3 Å². The van der Waals surface area contributed by atoms with E-state index >= 15 is 0 Å². The minimum atomic E-state index is -0.0148. The Bertz CT molecular complexity index is 606. The van der Waals surface area contributed by atoms with E-state index in [-0.39, 0.29) is 48.5 Å². The molecule has 0 saturated carbocycles. The lowest BCUT2D eigenvalue weighted by atomic mass is 10.2. The summed E-state index contributed by atoms with van der Waals surface area (Å²) < 4.78 is 0. The third kappa shape index (κ3) is 7.19. The van der Waals surface area contributed by atoms with Gasteiger partial charge < -0.3 is 20.4 Å². The van der Waals surface area contributed by atoms with E-state index in [1.165, 1.54) is 5.69 Å². The van der Waals surface area contributed by atoms with E-state index in [4.69, 9.17) is 11.6 Å². The highest BCUT2D eigenvalue weighted by Gasteiger charge is 2.23. The maximum atomic E-state index is 11.8. The molecular formula is C18H29ClIN5O. The summed E-state index contributed by atoms with van der Waals surface area (Å²) in [7, 11) is 3.48. The van der Waals surface area contributed by atoms with Crippen LogP contribution in [0.1, 0.15) is 20.3 Å². The molecule has 0 spiro atoms. The van der Waals surface area contributed by atoms with Crippen LogP contribution in [0.5, 0.6) is 0 Å². The Kier molecular flexibility index (Phi) is 9.49. The van der Waals surface area contributed by atoms with Crippen LogP contribution in [0.25, 0.3) is 0 Å². The molecule has 2 N–H and O–H groups in total. The first-order valence-electron chi connectivity index (χ1n) is 8.63. The summed E-state index contributed by atoms with van der Waals surface area (Å²) in [5.41, 5.74) is 1.17. The Balaban J connectivity index is 0.00000338. The topological polar surface area (TPSA) is 60.0 Å². The van der Waals surface area contributed by atoms with Crippen molar-refractivity contribution < 1.29 is 4.79 Å². The monoisotopic (exact) mass is 493 g/mol. The number of anilines is 1. The number of nitrogens with one attached hydrogen (secondary N) is 2. The predicted octanol–water partition coefficient (Wildman–Crippen LogP) is 2.57. The van der Waals surface area contributed by atoms with Gasteiger partial charge in [-0.05, 0) is 44.5 Å². The Hall–Kier alpha value is -1.22. The normalized spacial score (nSPS) is 17.1. The zero-order valence-corrected chi connectivity index (χ0v) is 18.9. The molecule has 0 bridgehead atoms. The quantitative estimate of drug-likeness (QED) is 0.376. The van der Waals surface area contributed by atoms with Gasteiger partial charge in [-0.25, -0.2) is 4.99 Å². The van der Waals surface area contributed by atoms with Gasteiger partial charge in [0.1, 0.15) is 6.54 Å². The molecule has 1 aromatic carbocycles. The molecule has 1 heterocycles. The molecule has 8 heteroatoms. The molecule has 1 unspecified atom stereocenters. The SMILES string of the molecule is CC(C)NC(=NCC(=O)N(C)C)NC1CCN(c2ccc(Cl)cc2)C1.I. The first-order valence-corrected chi connectivity index (χ1v) is 9.01. The summed E-state index contributed by atoms with van der Waals surface area (Å²) in [4.78, 5) is 20.1. The van der Waals surface area contributed by atoms with Crippen molar-refractivity contribution in [3.8, 4) is 0 Å². The number of carbonyl (C=O) groups is 1. The Morgan fingerprint density at radius 1 is 1.35 bits per heavy atom. The number of nitrogens with zero attached hydrogens (tertiary/aromatic N) is 3. The smallest absolute Gasteiger partial charge is 0.243 e. The Morgan fingerprint density at radius 3 is 2.58 bits per heavy atom. The van der Waals surface area contributed by atoms with E-state index in [0.29, 0.717) is 5.96 Å². The van der Waals surface area contributed by atoms with Gasteiger partial charge in [0.15, 0.2) is 5.96 Å². The third-order valence-corrected chi connectivity index (χ3v) is 4.27. The number of benzene rings is 1. The van der Waals surface area contributed by atoms with Crippen LogP contribution in [0.3, 0.4) is 0 Å². The fourth-order valence-electron chi connectivity index (χ4n) is 2.65. The van der Waals surface area contributed by atoms with Crippen molar-refractivity contribution in [2.24, 2.45) is 4.99 Å². The number of aliphatic imine (C=N–C) groups is 1. The van der Waals surface area contributed by atoms with Crippen LogP contribution in [-0.4, -0.2) is 62.6 Å². The van der Waals surface area contributed by atoms with E-state index in [0.717, 1.165) is 24.5 Å². The molecule has 1 atom stereocenters. The second kappa shape index (κ2) is 10.8. The fourth-order valence-corrected chi connectivity index (χ4v) is 2.78. The van der Waals surface area contributed by atoms with Crippen molar-refractivity contribution in [3.05, 3.63) is 29.3 Å². The summed E-state index contributed by atoms with van der Waals surface area (Å²) in [6.07, 6.45) is 1.02. The van der Waals surface area contributed by atoms with Crippen LogP contribution in [0.2, 0.25) is 5.02 Å². The lowest BCUT2D eigenvalue weighted by Gasteiger charge is -2.21. The lowest BCUT2D eigenvalue weighted by molar-refractivity contribution is -0.127. The number of halogens is 2. The third-order valence-electron chi connectivity index (χ3n) is 4.02. The van der Waals surface area contributed by atoms with Gasteiger partial charge in [0.25, 0.3) is 0 Å². The molecule has 1 aromatic rings. The maximum Gasteiger partial charge on any atom is 0.243 e. The zero-order valence-electron chi connectivity index (χ0n) is 15.8. The average Bonchev–Trinajstić information content (AvgIpc) is 3.00. The Labute approximate surface area is 178 Å². The predicted molar refractivity (Wildman–Crippen MR) is 120 cm³/mol.